The SMILES string of the molecule is [B]NC(CC(N)=O)C(=O)N1CCCC1C(=O)NCC(=O)Nc1ccc(COC(=O)N(C)CCN(C)C(=O)N(c2ccc(N3CCOCC3)cc2)c2nccc(-c3ccc(C(=O)NCC#N)cc3)n2)cc1. The van der Waals surface area contributed by atoms with Crippen molar-refractivity contribution in [3.63, 3.8) is 0 Å². The molecular weight excluding hydrogens is 901 g/mol. The molecule has 2 aliphatic heterocycles. The average molecular weight is 956 g/mol. The molecule has 1 aromatic heterocycles. The van der Waals surface area contributed by atoms with Crippen LogP contribution in [-0.4, -0.2) is 160 Å². The van der Waals surface area contributed by atoms with E-state index in [1.54, 1.807) is 68.7 Å². The van der Waals surface area contributed by atoms with Crippen LogP contribution in [0.5, 0.6) is 0 Å². The summed E-state index contributed by atoms with van der Waals surface area (Å²) in [6.45, 7) is 2.61. The zero-order valence-electron chi connectivity index (χ0n) is 38.8. The Kier molecular flexibility index (Phi) is 18.2. The van der Waals surface area contributed by atoms with Crippen molar-refractivity contribution in [1.29, 1.82) is 5.26 Å². The van der Waals surface area contributed by atoms with Crippen LogP contribution in [0, 0.1) is 11.3 Å². The molecule has 364 valence electrons. The molecule has 2 aliphatic rings. The first kappa shape index (κ1) is 51.3. The molecule has 0 spiro atoms. The lowest BCUT2D eigenvalue weighted by Crippen LogP contribution is -2.53. The second kappa shape index (κ2) is 24.8. The van der Waals surface area contributed by atoms with Gasteiger partial charge in [-0.3, -0.25) is 24.0 Å². The van der Waals surface area contributed by atoms with Crippen molar-refractivity contribution < 1.29 is 43.0 Å². The van der Waals surface area contributed by atoms with E-state index in [4.69, 9.17) is 33.4 Å². The maximum atomic E-state index is 14.4. The molecule has 0 bridgehead atoms. The number of hydrogen-bond acceptors (Lipinski definition) is 14. The summed E-state index contributed by atoms with van der Waals surface area (Å²) in [6.07, 6.45) is 1.49. The maximum absolute atomic E-state index is 14.4. The number of nitriles is 1. The number of aromatic nitrogens is 2. The van der Waals surface area contributed by atoms with Crippen molar-refractivity contribution in [2.75, 3.05) is 88.2 Å². The molecule has 70 heavy (non-hydrogen) atoms. The Morgan fingerprint density at radius 3 is 2.29 bits per heavy atom. The highest BCUT2D eigenvalue weighted by Gasteiger charge is 2.37. The quantitative estimate of drug-likeness (QED) is 0.0661. The molecule has 8 amide bonds. The normalized spacial score (nSPS) is 14.6. The smallest absolute Gasteiger partial charge is 0.409 e. The molecule has 2 radical (unpaired) electrons. The van der Waals surface area contributed by atoms with Crippen LogP contribution >= 0.6 is 0 Å². The number of primary amides is 1. The van der Waals surface area contributed by atoms with E-state index < -0.39 is 47.8 Å². The van der Waals surface area contributed by atoms with Crippen molar-refractivity contribution in [2.45, 2.75) is 38.0 Å². The van der Waals surface area contributed by atoms with E-state index in [-0.39, 0.29) is 57.6 Å². The maximum Gasteiger partial charge on any atom is 0.409 e. The van der Waals surface area contributed by atoms with E-state index in [0.29, 0.717) is 59.8 Å². The fourth-order valence-corrected chi connectivity index (χ4v) is 7.59. The van der Waals surface area contributed by atoms with Gasteiger partial charge in [0.1, 0.15) is 19.2 Å². The predicted octanol–water partition coefficient (Wildman–Crippen LogP) is 1.65. The van der Waals surface area contributed by atoms with Crippen molar-refractivity contribution >= 4 is 72.7 Å². The predicted molar refractivity (Wildman–Crippen MR) is 257 cm³/mol. The molecule has 6 N–H and O–H groups in total. The standard InChI is InChI=1S/C47H54BN13O9/c1-57(22-23-58(2)47(68)70-30-31-5-11-34(12-6-31)54-41(63)29-53-43(65)39-4-3-21-60(39)44(66)38(56-48)28-40(50)62)46(67)61(36-15-13-35(14-16-36)59-24-26-69-27-25-59)45-52-19-17-37(55-45)32-7-9-33(10-8-32)42(64)51-20-18-49/h5-17,19,38-39,56H,3-4,20-30H2,1-2H3,(H2,50,62)(H,51,64)(H,53,65)(H,54,63). The minimum Gasteiger partial charge on any atom is -0.445 e. The number of anilines is 4. The summed E-state index contributed by atoms with van der Waals surface area (Å²) in [5, 5.41) is 18.8. The third-order valence-electron chi connectivity index (χ3n) is 11.5. The minimum atomic E-state index is -1.08. The zero-order valence-corrected chi connectivity index (χ0v) is 38.8. The molecule has 2 unspecified atom stereocenters. The van der Waals surface area contributed by atoms with E-state index in [0.717, 1.165) is 18.8 Å². The highest BCUT2D eigenvalue weighted by atomic mass is 16.6. The van der Waals surface area contributed by atoms with Crippen LogP contribution in [0.3, 0.4) is 0 Å². The lowest BCUT2D eigenvalue weighted by atomic mass is 10.1. The van der Waals surface area contributed by atoms with Gasteiger partial charge < -0.3 is 56.0 Å². The van der Waals surface area contributed by atoms with E-state index in [1.807, 2.05) is 30.3 Å². The summed E-state index contributed by atoms with van der Waals surface area (Å²) in [4.78, 5) is 107. The zero-order chi connectivity index (χ0) is 50.2. The first-order chi connectivity index (χ1) is 33.8. The van der Waals surface area contributed by atoms with Crippen LogP contribution in [0.2, 0.25) is 0 Å². The molecule has 0 aliphatic carbocycles. The average Bonchev–Trinajstić information content (AvgIpc) is 3.88. The van der Waals surface area contributed by atoms with Crippen LogP contribution < -0.4 is 36.7 Å². The van der Waals surface area contributed by atoms with Gasteiger partial charge >= 0.3 is 12.1 Å². The molecule has 3 heterocycles. The number of carbonyl (C=O) groups excluding carboxylic acids is 7. The Balaban J connectivity index is 1.01. The Bertz CT molecular complexity index is 2540. The molecule has 4 aromatic rings. The molecule has 2 saturated heterocycles. The number of hydrogen-bond donors (Lipinski definition) is 5. The van der Waals surface area contributed by atoms with Crippen LogP contribution in [0.4, 0.5) is 32.6 Å². The number of amides is 8. The fraction of sp³-hybridized carbons (Fsp3) is 0.362. The molecule has 23 heteroatoms. The summed E-state index contributed by atoms with van der Waals surface area (Å²) in [5.41, 5.74) is 9.25. The van der Waals surface area contributed by atoms with Gasteiger partial charge in [-0.25, -0.2) is 24.5 Å². The topological polar surface area (TPSA) is 278 Å². The second-order valence-corrected chi connectivity index (χ2v) is 16.3. The highest BCUT2D eigenvalue weighted by molar-refractivity contribution is 6.07. The largest absolute Gasteiger partial charge is 0.445 e. The first-order valence-electron chi connectivity index (χ1n) is 22.4. The summed E-state index contributed by atoms with van der Waals surface area (Å²) in [7, 11) is 8.58. The lowest BCUT2D eigenvalue weighted by Gasteiger charge is -2.30. The van der Waals surface area contributed by atoms with Crippen molar-refractivity contribution in [3.8, 4) is 17.3 Å². The van der Waals surface area contributed by atoms with Crippen LogP contribution in [0.15, 0.2) is 85.1 Å². The second-order valence-electron chi connectivity index (χ2n) is 16.3. The number of likely N-dealkylation sites (N-methyl/N-ethyl adjacent to an activating group) is 2. The van der Waals surface area contributed by atoms with Gasteiger partial charge in [-0.15, -0.1) is 0 Å². The van der Waals surface area contributed by atoms with Gasteiger partial charge in [0.2, 0.25) is 29.6 Å². The van der Waals surface area contributed by atoms with E-state index in [9.17, 15) is 33.6 Å². The summed E-state index contributed by atoms with van der Waals surface area (Å²) in [5.74, 6) is -2.60. The number of nitrogens with one attached hydrogen (secondary N) is 4. The highest BCUT2D eigenvalue weighted by Crippen LogP contribution is 2.29. The fourth-order valence-electron chi connectivity index (χ4n) is 7.59. The minimum absolute atomic E-state index is 0.0855. The number of likely N-dealkylation sites (tertiary alicyclic amines) is 1. The van der Waals surface area contributed by atoms with E-state index in [2.05, 4.69) is 31.1 Å². The molecule has 2 fully saturated rings. The monoisotopic (exact) mass is 955 g/mol. The van der Waals surface area contributed by atoms with Crippen LogP contribution in [-0.2, 0) is 35.3 Å². The van der Waals surface area contributed by atoms with Gasteiger partial charge in [0, 0.05) is 81.9 Å². The van der Waals surface area contributed by atoms with Crippen LogP contribution in [0.25, 0.3) is 11.3 Å². The Morgan fingerprint density at radius 1 is 0.914 bits per heavy atom. The van der Waals surface area contributed by atoms with Gasteiger partial charge in [-0.05, 0) is 73.0 Å². The summed E-state index contributed by atoms with van der Waals surface area (Å²) < 4.78 is 11.0. The van der Waals surface area contributed by atoms with Crippen LogP contribution in [0.1, 0.15) is 35.2 Å². The van der Waals surface area contributed by atoms with Gasteiger partial charge in [-0.1, -0.05) is 24.3 Å². The number of benzene rings is 3. The van der Waals surface area contributed by atoms with E-state index >= 15 is 0 Å². The Labute approximate surface area is 405 Å². The van der Waals surface area contributed by atoms with Gasteiger partial charge in [0.15, 0.2) is 7.98 Å². The molecule has 22 nitrogen and oxygen atoms in total. The Hall–Kier alpha value is -8.10. The molecular formula is C47H54BN13O9. The number of rotatable bonds is 19. The molecule has 0 saturated carbocycles. The van der Waals surface area contributed by atoms with Gasteiger partial charge in [0.05, 0.1) is 43.3 Å². The molecule has 3 aromatic carbocycles. The van der Waals surface area contributed by atoms with Crippen molar-refractivity contribution in [3.05, 3.63) is 96.2 Å². The van der Waals surface area contributed by atoms with Crippen molar-refractivity contribution in [2.24, 2.45) is 5.73 Å². The number of ether oxygens (including phenoxy) is 2. The van der Waals surface area contributed by atoms with Gasteiger partial charge in [0.25, 0.3) is 5.91 Å². The number of carbonyl (C=O) groups is 7. The van der Waals surface area contributed by atoms with E-state index in [1.165, 1.54) is 25.8 Å². The first-order valence-corrected chi connectivity index (χ1v) is 22.4. The number of morpholine rings is 1. The molecule has 6 rings (SSSR count). The summed E-state index contributed by atoms with van der Waals surface area (Å²) >= 11 is 0. The number of urea groups is 1. The third kappa shape index (κ3) is 13.8. The molecule has 2 atom stereocenters. The lowest BCUT2D eigenvalue weighted by molar-refractivity contribution is -0.140. The van der Waals surface area contributed by atoms with Crippen molar-refractivity contribution in [1.82, 2.24) is 40.5 Å². The Morgan fingerprint density at radius 2 is 1.61 bits per heavy atom. The number of nitrogens with two attached hydrogens (primary N) is 1. The third-order valence-corrected chi connectivity index (χ3v) is 11.5. The summed E-state index contributed by atoms with van der Waals surface area (Å²) in [6, 6.07) is 21.9. The van der Waals surface area contributed by atoms with Gasteiger partial charge in [-0.2, -0.15) is 5.26 Å². The number of nitrogens with zero attached hydrogens (tertiary/aromatic N) is 8.